The number of aromatic nitrogens is 2. The topological polar surface area (TPSA) is 42.3 Å². The molecule has 1 N–H and O–H groups in total. The second-order valence-corrected chi connectivity index (χ2v) is 4.21. The molecule has 5 nitrogen and oxygen atoms in total. The highest BCUT2D eigenvalue weighted by molar-refractivity contribution is 5.23. The van der Waals surface area contributed by atoms with Crippen molar-refractivity contribution in [1.29, 1.82) is 0 Å². The Kier molecular flexibility index (Phi) is 3.58. The van der Waals surface area contributed by atoms with Crippen molar-refractivity contribution in [3.05, 3.63) is 17.0 Å². The van der Waals surface area contributed by atoms with Crippen LogP contribution in [-0.4, -0.2) is 41.1 Å². The summed E-state index contributed by atoms with van der Waals surface area (Å²) in [6.07, 6.45) is 0. The molecule has 0 spiro atoms. The van der Waals surface area contributed by atoms with Crippen molar-refractivity contribution in [2.45, 2.75) is 20.4 Å². The summed E-state index contributed by atoms with van der Waals surface area (Å²) in [4.78, 5) is 0. The van der Waals surface area contributed by atoms with Gasteiger partial charge in [-0.1, -0.05) is 0 Å². The summed E-state index contributed by atoms with van der Waals surface area (Å²) in [6.45, 7) is 8.57. The van der Waals surface area contributed by atoms with Crippen molar-refractivity contribution in [2.24, 2.45) is 7.05 Å². The first-order chi connectivity index (χ1) is 7.68. The third-order valence-electron chi connectivity index (χ3n) is 3.15. The number of rotatable bonds is 3. The van der Waals surface area contributed by atoms with Crippen molar-refractivity contribution in [2.75, 3.05) is 26.3 Å². The van der Waals surface area contributed by atoms with Gasteiger partial charge in [-0.15, -0.1) is 0 Å². The number of nitrogens with zero attached hydrogens (tertiary/aromatic N) is 3. The maximum atomic E-state index is 5.31. The van der Waals surface area contributed by atoms with Crippen LogP contribution in [0.15, 0.2) is 0 Å². The van der Waals surface area contributed by atoms with Gasteiger partial charge >= 0.3 is 0 Å². The van der Waals surface area contributed by atoms with Gasteiger partial charge in [-0.05, 0) is 13.8 Å². The Labute approximate surface area is 96.3 Å². The maximum absolute atomic E-state index is 5.31. The molecular weight excluding hydrogens is 204 g/mol. The van der Waals surface area contributed by atoms with Gasteiger partial charge in [0, 0.05) is 37.9 Å². The minimum absolute atomic E-state index is 0.817. The van der Waals surface area contributed by atoms with Crippen LogP contribution in [0.5, 0.6) is 0 Å². The zero-order valence-electron chi connectivity index (χ0n) is 10.3. The molecule has 0 atom stereocenters. The monoisotopic (exact) mass is 224 g/mol. The summed E-state index contributed by atoms with van der Waals surface area (Å²) in [6, 6.07) is 0. The third kappa shape index (κ3) is 2.42. The molecule has 0 amide bonds. The predicted molar refractivity (Wildman–Crippen MR) is 61.9 cm³/mol. The van der Waals surface area contributed by atoms with Crippen LogP contribution in [0, 0.1) is 13.8 Å². The van der Waals surface area contributed by atoms with Crippen LogP contribution in [0.25, 0.3) is 0 Å². The Morgan fingerprint density at radius 1 is 1.31 bits per heavy atom. The van der Waals surface area contributed by atoms with E-state index in [1.165, 1.54) is 11.3 Å². The molecule has 0 aromatic carbocycles. The van der Waals surface area contributed by atoms with Gasteiger partial charge in [0.15, 0.2) is 0 Å². The fourth-order valence-corrected chi connectivity index (χ4v) is 1.99. The van der Waals surface area contributed by atoms with Crippen molar-refractivity contribution in [1.82, 2.24) is 20.2 Å². The van der Waals surface area contributed by atoms with E-state index in [1.54, 1.807) is 0 Å². The molecule has 1 aromatic rings. The van der Waals surface area contributed by atoms with Crippen molar-refractivity contribution in [3.8, 4) is 0 Å². The molecule has 90 valence electrons. The molecule has 1 fully saturated rings. The summed E-state index contributed by atoms with van der Waals surface area (Å²) < 4.78 is 7.24. The molecule has 1 aliphatic heterocycles. The third-order valence-corrected chi connectivity index (χ3v) is 3.15. The zero-order chi connectivity index (χ0) is 11.5. The minimum Gasteiger partial charge on any atom is -0.379 e. The molecule has 0 radical (unpaired) electrons. The van der Waals surface area contributed by atoms with E-state index in [0.29, 0.717) is 0 Å². The van der Waals surface area contributed by atoms with Crippen molar-refractivity contribution < 1.29 is 4.74 Å². The van der Waals surface area contributed by atoms with Gasteiger partial charge in [-0.3, -0.25) is 10.1 Å². The molecule has 1 aliphatic rings. The van der Waals surface area contributed by atoms with Crippen LogP contribution in [0.2, 0.25) is 0 Å². The van der Waals surface area contributed by atoms with E-state index in [4.69, 9.17) is 4.74 Å². The van der Waals surface area contributed by atoms with Crippen LogP contribution in [0.4, 0.5) is 0 Å². The fraction of sp³-hybridized carbons (Fsp3) is 0.727. The van der Waals surface area contributed by atoms with Crippen LogP contribution in [-0.2, 0) is 18.3 Å². The Hall–Kier alpha value is -0.910. The second-order valence-electron chi connectivity index (χ2n) is 4.21. The van der Waals surface area contributed by atoms with Gasteiger partial charge in [-0.25, -0.2) is 5.01 Å². The lowest BCUT2D eigenvalue weighted by atomic mass is 10.2. The molecule has 0 bridgehead atoms. The summed E-state index contributed by atoms with van der Waals surface area (Å²) >= 11 is 0. The number of aryl methyl sites for hydroxylation is 2. The molecule has 0 saturated carbocycles. The summed E-state index contributed by atoms with van der Waals surface area (Å²) in [5, 5.41) is 6.63. The van der Waals surface area contributed by atoms with E-state index >= 15 is 0 Å². The molecular formula is C11H20N4O. The Morgan fingerprint density at radius 2 is 2.00 bits per heavy atom. The number of hydrazine groups is 1. The van der Waals surface area contributed by atoms with E-state index in [9.17, 15) is 0 Å². The highest BCUT2D eigenvalue weighted by Gasteiger charge is 2.13. The quantitative estimate of drug-likeness (QED) is 0.805. The predicted octanol–water partition coefficient (Wildman–Crippen LogP) is 0.374. The summed E-state index contributed by atoms with van der Waals surface area (Å²) in [5.74, 6) is 0. The highest BCUT2D eigenvalue weighted by atomic mass is 16.5. The highest BCUT2D eigenvalue weighted by Crippen LogP contribution is 2.11. The standard InChI is InChI=1S/C11H20N4O/c1-9-11(10(2)14(3)13-9)8-12-15-4-6-16-7-5-15/h12H,4-8H2,1-3H3. The number of nitrogens with one attached hydrogen (secondary N) is 1. The average molecular weight is 224 g/mol. The first-order valence-electron chi connectivity index (χ1n) is 5.73. The first-order valence-corrected chi connectivity index (χ1v) is 5.73. The van der Waals surface area contributed by atoms with E-state index in [1.807, 2.05) is 11.7 Å². The smallest absolute Gasteiger partial charge is 0.0641 e. The second kappa shape index (κ2) is 4.95. The van der Waals surface area contributed by atoms with Crippen LogP contribution >= 0.6 is 0 Å². The van der Waals surface area contributed by atoms with Crippen LogP contribution in [0.1, 0.15) is 17.0 Å². The number of morpholine rings is 1. The Bertz CT molecular complexity index is 355. The number of hydrogen-bond acceptors (Lipinski definition) is 4. The average Bonchev–Trinajstić information content (AvgIpc) is 2.53. The SMILES string of the molecule is Cc1nn(C)c(C)c1CNN1CCOCC1. The van der Waals surface area contributed by atoms with Crippen LogP contribution in [0.3, 0.4) is 0 Å². The van der Waals surface area contributed by atoms with Gasteiger partial charge in [0.25, 0.3) is 0 Å². The van der Waals surface area contributed by atoms with E-state index in [-0.39, 0.29) is 0 Å². The number of ether oxygens (including phenoxy) is 1. The Balaban J connectivity index is 1.93. The molecule has 0 aliphatic carbocycles. The van der Waals surface area contributed by atoms with Crippen molar-refractivity contribution in [3.63, 3.8) is 0 Å². The van der Waals surface area contributed by atoms with Gasteiger partial charge in [-0.2, -0.15) is 5.10 Å². The van der Waals surface area contributed by atoms with Gasteiger partial charge in [0.1, 0.15) is 0 Å². The van der Waals surface area contributed by atoms with E-state index in [2.05, 4.69) is 29.4 Å². The first kappa shape index (κ1) is 11.6. The summed E-state index contributed by atoms with van der Waals surface area (Å²) in [5.41, 5.74) is 7.08. The molecule has 2 heterocycles. The summed E-state index contributed by atoms with van der Waals surface area (Å²) in [7, 11) is 1.99. The van der Waals surface area contributed by atoms with Crippen molar-refractivity contribution >= 4 is 0 Å². The Morgan fingerprint density at radius 3 is 2.56 bits per heavy atom. The van der Waals surface area contributed by atoms with Gasteiger partial charge < -0.3 is 4.74 Å². The van der Waals surface area contributed by atoms with Gasteiger partial charge in [0.2, 0.25) is 0 Å². The molecule has 1 saturated heterocycles. The minimum atomic E-state index is 0.817. The lowest BCUT2D eigenvalue weighted by molar-refractivity contribution is 0.0105. The molecule has 16 heavy (non-hydrogen) atoms. The lowest BCUT2D eigenvalue weighted by Gasteiger charge is -2.27. The van der Waals surface area contributed by atoms with Gasteiger partial charge in [0.05, 0.1) is 18.9 Å². The number of hydrogen-bond donors (Lipinski definition) is 1. The molecule has 1 aromatic heterocycles. The maximum Gasteiger partial charge on any atom is 0.0641 e. The van der Waals surface area contributed by atoms with E-state index < -0.39 is 0 Å². The lowest BCUT2D eigenvalue weighted by Crippen LogP contribution is -2.45. The van der Waals surface area contributed by atoms with E-state index in [0.717, 1.165) is 38.5 Å². The fourth-order valence-electron chi connectivity index (χ4n) is 1.99. The molecule has 2 rings (SSSR count). The zero-order valence-corrected chi connectivity index (χ0v) is 10.3. The largest absolute Gasteiger partial charge is 0.379 e. The molecule has 5 heteroatoms. The normalized spacial score (nSPS) is 17.9. The van der Waals surface area contributed by atoms with Crippen LogP contribution < -0.4 is 5.43 Å². The molecule has 0 unspecified atom stereocenters.